The third kappa shape index (κ3) is 3.29. The van der Waals surface area contributed by atoms with Gasteiger partial charge in [-0.05, 0) is 56.8 Å². The molecule has 0 aromatic rings. The summed E-state index contributed by atoms with van der Waals surface area (Å²) in [6.07, 6.45) is 11.5. The van der Waals surface area contributed by atoms with Crippen LogP contribution in [-0.2, 0) is 4.79 Å². The van der Waals surface area contributed by atoms with E-state index in [-0.39, 0.29) is 17.5 Å². The molecular formula is C18H27N3O. The predicted octanol–water partition coefficient (Wildman–Crippen LogP) is 2.87. The molecule has 3 aliphatic rings. The second-order valence-corrected chi connectivity index (χ2v) is 7.42. The van der Waals surface area contributed by atoms with Crippen molar-refractivity contribution in [1.29, 1.82) is 5.26 Å². The van der Waals surface area contributed by atoms with Crippen LogP contribution in [0.2, 0.25) is 0 Å². The van der Waals surface area contributed by atoms with Crippen LogP contribution in [-0.4, -0.2) is 18.0 Å². The van der Waals surface area contributed by atoms with Crippen LogP contribution in [0.3, 0.4) is 0 Å². The van der Waals surface area contributed by atoms with Gasteiger partial charge in [-0.3, -0.25) is 4.79 Å². The fourth-order valence-electron chi connectivity index (χ4n) is 4.73. The summed E-state index contributed by atoms with van der Waals surface area (Å²) in [5.74, 6) is 2.25. The molecule has 2 N–H and O–H groups in total. The number of rotatable bonds is 5. The van der Waals surface area contributed by atoms with Crippen molar-refractivity contribution in [3.8, 4) is 6.07 Å². The van der Waals surface area contributed by atoms with Crippen LogP contribution in [0.4, 0.5) is 0 Å². The number of amides is 1. The Labute approximate surface area is 133 Å². The van der Waals surface area contributed by atoms with Crippen LogP contribution in [0.25, 0.3) is 0 Å². The van der Waals surface area contributed by atoms with Gasteiger partial charge in [-0.1, -0.05) is 19.3 Å². The molecule has 2 bridgehead atoms. The van der Waals surface area contributed by atoms with Gasteiger partial charge >= 0.3 is 0 Å². The lowest BCUT2D eigenvalue weighted by Gasteiger charge is -2.28. The molecule has 3 saturated carbocycles. The molecule has 0 aromatic carbocycles. The second kappa shape index (κ2) is 6.73. The van der Waals surface area contributed by atoms with Crippen molar-refractivity contribution in [3.05, 3.63) is 11.8 Å². The molecule has 3 rings (SSSR count). The molecule has 4 heteroatoms. The summed E-state index contributed by atoms with van der Waals surface area (Å²) in [6.45, 7) is 2.19. The van der Waals surface area contributed by atoms with Crippen molar-refractivity contribution in [2.45, 2.75) is 70.4 Å². The van der Waals surface area contributed by atoms with Gasteiger partial charge in [-0.15, -0.1) is 0 Å². The van der Waals surface area contributed by atoms with E-state index in [1.54, 1.807) is 6.20 Å². The largest absolute Gasteiger partial charge is 0.387 e. The number of fused-ring (bicyclic) bond motifs is 2. The molecule has 0 radical (unpaired) electrons. The molecule has 0 heterocycles. The van der Waals surface area contributed by atoms with E-state index in [1.807, 2.05) is 6.07 Å². The molecule has 120 valence electrons. The quantitative estimate of drug-likeness (QED) is 0.606. The number of nitrogens with zero attached hydrogens (tertiary/aromatic N) is 1. The molecule has 0 saturated heterocycles. The summed E-state index contributed by atoms with van der Waals surface area (Å²) in [6, 6.07) is 2.64. The number of hydrogen-bond acceptors (Lipinski definition) is 3. The third-order valence-electron chi connectivity index (χ3n) is 5.98. The van der Waals surface area contributed by atoms with Gasteiger partial charge in [0.15, 0.2) is 0 Å². The molecule has 4 unspecified atom stereocenters. The monoisotopic (exact) mass is 301 g/mol. The van der Waals surface area contributed by atoms with Crippen molar-refractivity contribution in [1.82, 2.24) is 10.6 Å². The van der Waals surface area contributed by atoms with Crippen molar-refractivity contribution in [3.63, 3.8) is 0 Å². The fraction of sp³-hybridized carbons (Fsp3) is 0.778. The van der Waals surface area contributed by atoms with Gasteiger partial charge < -0.3 is 10.6 Å². The molecule has 3 fully saturated rings. The average molecular weight is 301 g/mol. The van der Waals surface area contributed by atoms with Gasteiger partial charge in [0.1, 0.15) is 11.6 Å². The number of nitrogens with one attached hydrogen (secondary N) is 2. The molecule has 0 spiro atoms. The van der Waals surface area contributed by atoms with Crippen LogP contribution in [0.1, 0.15) is 58.3 Å². The Bertz CT molecular complexity index is 487. The first-order valence-corrected chi connectivity index (χ1v) is 8.84. The van der Waals surface area contributed by atoms with E-state index in [9.17, 15) is 10.1 Å². The van der Waals surface area contributed by atoms with Crippen molar-refractivity contribution in [2.24, 2.45) is 17.8 Å². The second-order valence-electron chi connectivity index (χ2n) is 7.42. The lowest BCUT2D eigenvalue weighted by Crippen LogP contribution is -2.36. The minimum Gasteiger partial charge on any atom is -0.387 e. The van der Waals surface area contributed by atoms with Gasteiger partial charge in [0.05, 0.1) is 0 Å². The van der Waals surface area contributed by atoms with Crippen LogP contribution in [0.15, 0.2) is 11.8 Å². The smallest absolute Gasteiger partial charge is 0.263 e. The number of carbonyl (C=O) groups is 1. The van der Waals surface area contributed by atoms with E-state index in [0.29, 0.717) is 12.0 Å². The zero-order chi connectivity index (χ0) is 15.5. The first-order valence-electron chi connectivity index (χ1n) is 8.84. The van der Waals surface area contributed by atoms with Crippen molar-refractivity contribution < 1.29 is 4.79 Å². The zero-order valence-corrected chi connectivity index (χ0v) is 13.5. The highest BCUT2D eigenvalue weighted by Crippen LogP contribution is 2.49. The van der Waals surface area contributed by atoms with E-state index in [4.69, 9.17) is 0 Å². The molecule has 0 aliphatic heterocycles. The Hall–Kier alpha value is -1.50. The highest BCUT2D eigenvalue weighted by molar-refractivity contribution is 5.97. The fourth-order valence-corrected chi connectivity index (χ4v) is 4.73. The summed E-state index contributed by atoms with van der Waals surface area (Å²) in [4.78, 5) is 12.1. The summed E-state index contributed by atoms with van der Waals surface area (Å²) < 4.78 is 0. The third-order valence-corrected chi connectivity index (χ3v) is 5.98. The highest BCUT2D eigenvalue weighted by atomic mass is 16.1. The first kappa shape index (κ1) is 15.4. The maximum absolute atomic E-state index is 12.1. The Kier molecular flexibility index (Phi) is 4.71. The van der Waals surface area contributed by atoms with Gasteiger partial charge in [-0.25, -0.2) is 0 Å². The molecule has 3 aliphatic carbocycles. The summed E-state index contributed by atoms with van der Waals surface area (Å²) in [7, 11) is 0. The Morgan fingerprint density at radius 3 is 2.59 bits per heavy atom. The van der Waals surface area contributed by atoms with E-state index in [1.165, 1.54) is 38.5 Å². The minimum absolute atomic E-state index is 0.210. The predicted molar refractivity (Wildman–Crippen MR) is 85.6 cm³/mol. The summed E-state index contributed by atoms with van der Waals surface area (Å²) in [5.41, 5.74) is 0.210. The van der Waals surface area contributed by atoms with E-state index >= 15 is 0 Å². The molecule has 4 nitrogen and oxygen atoms in total. The summed E-state index contributed by atoms with van der Waals surface area (Å²) in [5, 5.41) is 15.5. The Morgan fingerprint density at radius 2 is 2.00 bits per heavy atom. The van der Waals surface area contributed by atoms with Gasteiger partial charge in [0.2, 0.25) is 0 Å². The molecule has 0 aromatic heterocycles. The molecule has 22 heavy (non-hydrogen) atoms. The first-order chi connectivity index (χ1) is 10.7. The van der Waals surface area contributed by atoms with Gasteiger partial charge in [0, 0.05) is 18.3 Å². The van der Waals surface area contributed by atoms with Crippen LogP contribution < -0.4 is 10.6 Å². The maximum atomic E-state index is 12.1. The normalized spacial score (nSPS) is 32.7. The van der Waals surface area contributed by atoms with Crippen molar-refractivity contribution in [2.75, 3.05) is 0 Å². The molecular weight excluding hydrogens is 274 g/mol. The Balaban J connectivity index is 1.52. The van der Waals surface area contributed by atoms with Gasteiger partial charge in [0.25, 0.3) is 5.91 Å². The van der Waals surface area contributed by atoms with E-state index in [0.717, 1.165) is 24.7 Å². The minimum atomic E-state index is -0.220. The summed E-state index contributed by atoms with van der Waals surface area (Å²) >= 11 is 0. The van der Waals surface area contributed by atoms with Crippen LogP contribution in [0, 0.1) is 29.1 Å². The van der Waals surface area contributed by atoms with Gasteiger partial charge in [-0.2, -0.15) is 5.26 Å². The number of hydrogen-bond donors (Lipinski definition) is 2. The van der Waals surface area contributed by atoms with E-state index in [2.05, 4.69) is 17.6 Å². The number of carbonyl (C=O) groups excluding carboxylic acids is 1. The zero-order valence-electron chi connectivity index (χ0n) is 13.5. The average Bonchev–Trinajstić information content (AvgIpc) is 3.25. The molecule has 4 atom stereocenters. The number of nitriles is 1. The maximum Gasteiger partial charge on any atom is 0.263 e. The SMILES string of the molecule is CC(N/C=C(/C#N)C(=O)NC1CCCC1)C1CC2CCC1C2. The topological polar surface area (TPSA) is 64.9 Å². The van der Waals surface area contributed by atoms with Crippen LogP contribution >= 0.6 is 0 Å². The standard InChI is InChI=1S/C18H27N3O/c1-12(17-9-13-6-7-14(17)8-13)20-11-15(10-19)18(22)21-16-4-2-3-5-16/h11-14,16-17,20H,2-9H2,1H3,(H,21,22)/b15-11-. The van der Waals surface area contributed by atoms with E-state index < -0.39 is 0 Å². The van der Waals surface area contributed by atoms with Crippen molar-refractivity contribution >= 4 is 5.91 Å². The van der Waals surface area contributed by atoms with Crippen LogP contribution in [0.5, 0.6) is 0 Å². The Morgan fingerprint density at radius 1 is 1.23 bits per heavy atom. The lowest BCUT2D eigenvalue weighted by atomic mass is 9.84. The lowest BCUT2D eigenvalue weighted by molar-refractivity contribution is -0.117. The molecule has 1 amide bonds. The highest BCUT2D eigenvalue weighted by Gasteiger charge is 2.41.